The fraction of sp³-hybridized carbons (Fsp3) is 0.357. The molecule has 18 heavy (non-hydrogen) atoms. The first-order valence-corrected chi connectivity index (χ1v) is 7.34. The Morgan fingerprint density at radius 1 is 1.28 bits per heavy atom. The van der Waals surface area contributed by atoms with E-state index < -0.39 is 0 Å². The Morgan fingerprint density at radius 2 is 2.00 bits per heavy atom. The molecule has 0 spiro atoms. The fourth-order valence-corrected chi connectivity index (χ4v) is 2.58. The van der Waals surface area contributed by atoms with Gasteiger partial charge in [-0.3, -0.25) is 0 Å². The maximum atomic E-state index is 5.88. The molecule has 2 nitrogen and oxygen atoms in total. The number of nitrogens with one attached hydrogen (secondary N) is 1. The molecule has 0 fully saturated rings. The molecule has 4 heteroatoms. The summed E-state index contributed by atoms with van der Waals surface area (Å²) in [5, 5.41) is 7.44. The van der Waals surface area contributed by atoms with E-state index in [4.69, 9.17) is 11.6 Å². The summed E-state index contributed by atoms with van der Waals surface area (Å²) in [6.07, 6.45) is 0.983. The number of halogens is 1. The topological polar surface area (TPSA) is 24.9 Å². The molecule has 0 saturated heterocycles. The van der Waals surface area contributed by atoms with Crippen molar-refractivity contribution in [2.45, 2.75) is 26.3 Å². The van der Waals surface area contributed by atoms with E-state index in [0.29, 0.717) is 6.04 Å². The number of rotatable bonds is 5. The summed E-state index contributed by atoms with van der Waals surface area (Å²) >= 11 is 7.59. The van der Waals surface area contributed by atoms with Gasteiger partial charge in [-0.1, -0.05) is 37.6 Å². The first-order valence-electron chi connectivity index (χ1n) is 6.09. The van der Waals surface area contributed by atoms with Crippen LogP contribution in [0.1, 0.15) is 18.9 Å². The number of benzene rings is 1. The Labute approximate surface area is 117 Å². The standard InChI is InChI=1S/C14H17ClN2S/c1-10(2)16-8-7-14-17-13(9-18-14)11-3-5-12(15)6-4-11/h3-6,9-10,16H,7-8H2,1-2H3. The predicted molar refractivity (Wildman–Crippen MR) is 79.4 cm³/mol. The SMILES string of the molecule is CC(C)NCCc1nc(-c2ccc(Cl)cc2)cs1. The molecule has 1 heterocycles. The molecule has 0 unspecified atom stereocenters. The number of nitrogens with zero attached hydrogens (tertiary/aromatic N) is 1. The largest absolute Gasteiger partial charge is 0.314 e. The van der Waals surface area contributed by atoms with Crippen molar-refractivity contribution in [1.29, 1.82) is 0 Å². The van der Waals surface area contributed by atoms with Crippen LogP contribution in [-0.2, 0) is 6.42 Å². The van der Waals surface area contributed by atoms with Crippen LogP contribution in [0.15, 0.2) is 29.6 Å². The minimum absolute atomic E-state index is 0.528. The van der Waals surface area contributed by atoms with Crippen LogP contribution in [-0.4, -0.2) is 17.6 Å². The Hall–Kier alpha value is -0.900. The van der Waals surface area contributed by atoms with Gasteiger partial charge in [0.2, 0.25) is 0 Å². The van der Waals surface area contributed by atoms with Crippen LogP contribution in [0.4, 0.5) is 0 Å². The van der Waals surface area contributed by atoms with E-state index in [9.17, 15) is 0 Å². The van der Waals surface area contributed by atoms with Gasteiger partial charge in [0.25, 0.3) is 0 Å². The minimum atomic E-state index is 0.528. The lowest BCUT2D eigenvalue weighted by Gasteiger charge is -2.05. The molecule has 2 rings (SSSR count). The Bertz CT molecular complexity index is 491. The van der Waals surface area contributed by atoms with Crippen molar-refractivity contribution in [3.8, 4) is 11.3 Å². The highest BCUT2D eigenvalue weighted by atomic mass is 35.5. The third kappa shape index (κ3) is 3.80. The van der Waals surface area contributed by atoms with Crippen molar-refractivity contribution in [3.05, 3.63) is 39.7 Å². The van der Waals surface area contributed by atoms with Crippen LogP contribution in [0.5, 0.6) is 0 Å². The van der Waals surface area contributed by atoms with Crippen molar-refractivity contribution < 1.29 is 0 Å². The Kier molecular flexibility index (Phi) is 4.75. The molecule has 0 saturated carbocycles. The van der Waals surface area contributed by atoms with Gasteiger partial charge in [-0.15, -0.1) is 11.3 Å². The van der Waals surface area contributed by atoms with E-state index in [2.05, 4.69) is 29.5 Å². The van der Waals surface area contributed by atoms with Gasteiger partial charge >= 0.3 is 0 Å². The van der Waals surface area contributed by atoms with Gasteiger partial charge in [0.15, 0.2) is 0 Å². The van der Waals surface area contributed by atoms with E-state index in [-0.39, 0.29) is 0 Å². The van der Waals surface area contributed by atoms with Gasteiger partial charge in [0.05, 0.1) is 10.7 Å². The van der Waals surface area contributed by atoms with Gasteiger partial charge in [-0.05, 0) is 12.1 Å². The maximum Gasteiger partial charge on any atom is 0.0945 e. The first kappa shape index (κ1) is 13.5. The Balaban J connectivity index is 1.99. The summed E-state index contributed by atoms with van der Waals surface area (Å²) in [5.74, 6) is 0. The summed E-state index contributed by atoms with van der Waals surface area (Å²) in [4.78, 5) is 4.64. The normalized spacial score (nSPS) is 11.1. The average Bonchev–Trinajstić information content (AvgIpc) is 2.78. The minimum Gasteiger partial charge on any atom is -0.314 e. The molecule has 2 aromatic rings. The van der Waals surface area contributed by atoms with Gasteiger partial charge < -0.3 is 5.32 Å². The van der Waals surface area contributed by atoms with Crippen LogP contribution >= 0.6 is 22.9 Å². The molecule has 0 aliphatic carbocycles. The third-order valence-corrected chi connectivity index (χ3v) is 3.74. The van der Waals surface area contributed by atoms with Crippen LogP contribution in [0.2, 0.25) is 5.02 Å². The molecule has 0 aliphatic heterocycles. The second-order valence-electron chi connectivity index (χ2n) is 4.49. The van der Waals surface area contributed by atoms with E-state index >= 15 is 0 Å². The zero-order valence-electron chi connectivity index (χ0n) is 10.6. The number of aromatic nitrogens is 1. The molecule has 1 N–H and O–H groups in total. The molecule has 0 bridgehead atoms. The number of hydrogen-bond acceptors (Lipinski definition) is 3. The van der Waals surface area contributed by atoms with Crippen molar-refractivity contribution >= 4 is 22.9 Å². The smallest absolute Gasteiger partial charge is 0.0945 e. The quantitative estimate of drug-likeness (QED) is 0.895. The summed E-state index contributed by atoms with van der Waals surface area (Å²) in [6.45, 7) is 5.28. The highest BCUT2D eigenvalue weighted by molar-refractivity contribution is 7.09. The highest BCUT2D eigenvalue weighted by Crippen LogP contribution is 2.23. The second kappa shape index (κ2) is 6.32. The lowest BCUT2D eigenvalue weighted by Crippen LogP contribution is -2.24. The summed E-state index contributed by atoms with van der Waals surface area (Å²) in [5.41, 5.74) is 2.16. The molecule has 96 valence electrons. The number of hydrogen-bond donors (Lipinski definition) is 1. The zero-order chi connectivity index (χ0) is 13.0. The lowest BCUT2D eigenvalue weighted by molar-refractivity contribution is 0.590. The molecule has 0 atom stereocenters. The van der Waals surface area contributed by atoms with Crippen LogP contribution in [0.25, 0.3) is 11.3 Å². The van der Waals surface area contributed by atoms with Crippen molar-refractivity contribution in [2.75, 3.05) is 6.54 Å². The van der Waals surface area contributed by atoms with Crippen molar-refractivity contribution in [1.82, 2.24) is 10.3 Å². The first-order chi connectivity index (χ1) is 8.65. The van der Waals surface area contributed by atoms with Crippen LogP contribution in [0, 0.1) is 0 Å². The number of thiazole rings is 1. The molecular weight excluding hydrogens is 264 g/mol. The molecule has 0 radical (unpaired) electrons. The van der Waals surface area contributed by atoms with E-state index in [0.717, 1.165) is 29.2 Å². The second-order valence-corrected chi connectivity index (χ2v) is 5.87. The predicted octanol–water partition coefficient (Wildman–Crippen LogP) is 4.00. The maximum absolute atomic E-state index is 5.88. The fourth-order valence-electron chi connectivity index (χ4n) is 1.65. The van der Waals surface area contributed by atoms with Crippen LogP contribution < -0.4 is 5.32 Å². The lowest BCUT2D eigenvalue weighted by atomic mass is 10.2. The zero-order valence-corrected chi connectivity index (χ0v) is 12.2. The van der Waals surface area contributed by atoms with Gasteiger partial charge in [0.1, 0.15) is 0 Å². The molecule has 0 amide bonds. The van der Waals surface area contributed by atoms with E-state index in [1.54, 1.807) is 11.3 Å². The molecule has 1 aromatic heterocycles. The molecular formula is C14H17ClN2S. The summed E-state index contributed by atoms with van der Waals surface area (Å²) in [7, 11) is 0. The van der Waals surface area contributed by atoms with Gasteiger partial charge in [0, 0.05) is 35.0 Å². The Morgan fingerprint density at radius 3 is 2.67 bits per heavy atom. The van der Waals surface area contributed by atoms with E-state index in [1.165, 1.54) is 5.01 Å². The summed E-state index contributed by atoms with van der Waals surface area (Å²) in [6, 6.07) is 8.34. The third-order valence-electron chi connectivity index (χ3n) is 2.58. The van der Waals surface area contributed by atoms with Crippen molar-refractivity contribution in [2.24, 2.45) is 0 Å². The van der Waals surface area contributed by atoms with E-state index in [1.807, 2.05) is 24.3 Å². The highest BCUT2D eigenvalue weighted by Gasteiger charge is 2.04. The monoisotopic (exact) mass is 280 g/mol. The molecule has 1 aromatic carbocycles. The average molecular weight is 281 g/mol. The van der Waals surface area contributed by atoms with Gasteiger partial charge in [-0.2, -0.15) is 0 Å². The van der Waals surface area contributed by atoms with Crippen molar-refractivity contribution in [3.63, 3.8) is 0 Å². The summed E-state index contributed by atoms with van der Waals surface area (Å²) < 4.78 is 0. The molecule has 0 aliphatic rings. The van der Waals surface area contributed by atoms with Gasteiger partial charge in [-0.25, -0.2) is 4.98 Å². The van der Waals surface area contributed by atoms with Crippen LogP contribution in [0.3, 0.4) is 0 Å².